The number of esters is 1. The van der Waals surface area contributed by atoms with Crippen LogP contribution in [-0.2, 0) is 18.8 Å². The third-order valence-corrected chi connectivity index (χ3v) is 4.97. The van der Waals surface area contributed by atoms with E-state index in [1.165, 1.54) is 0 Å². The third-order valence-electron chi connectivity index (χ3n) is 3.20. The molecule has 0 saturated carbocycles. The number of hydrogen-bond donors (Lipinski definition) is 1. The van der Waals surface area contributed by atoms with Gasteiger partial charge in [-0.2, -0.15) is 0 Å². The van der Waals surface area contributed by atoms with Gasteiger partial charge in [-0.05, 0) is 46.2 Å². The van der Waals surface area contributed by atoms with E-state index < -0.39 is 19.5 Å². The first kappa shape index (κ1) is 20.7. The molecule has 0 aromatic heterocycles. The molecule has 0 radical (unpaired) electrons. The molecule has 0 saturated heterocycles. The van der Waals surface area contributed by atoms with Gasteiger partial charge in [0.05, 0.1) is 12.2 Å². The van der Waals surface area contributed by atoms with E-state index >= 15 is 0 Å². The average molecular weight is 357 g/mol. The minimum atomic E-state index is -3.43. The molecule has 0 unspecified atom stereocenters. The van der Waals surface area contributed by atoms with Crippen LogP contribution < -0.4 is 9.61 Å². The zero-order chi connectivity index (χ0) is 18.2. The molecule has 1 aromatic carbocycles. The van der Waals surface area contributed by atoms with Crippen LogP contribution in [0.25, 0.3) is 0 Å². The molecule has 0 aliphatic rings. The van der Waals surface area contributed by atoms with Crippen molar-refractivity contribution in [1.82, 2.24) is 5.09 Å². The molecular weight excluding hydrogens is 329 g/mol. The van der Waals surface area contributed by atoms with Crippen molar-refractivity contribution in [2.45, 2.75) is 59.3 Å². The maximum absolute atomic E-state index is 13.1. The van der Waals surface area contributed by atoms with Gasteiger partial charge in [0.15, 0.2) is 0 Å². The van der Waals surface area contributed by atoms with Gasteiger partial charge in [-0.25, -0.2) is 5.09 Å². The Kier molecular flexibility index (Phi) is 8.46. The number of carbonyl (C=O) groups is 1. The fourth-order valence-electron chi connectivity index (χ4n) is 1.77. The van der Waals surface area contributed by atoms with Crippen molar-refractivity contribution < 1.29 is 23.4 Å². The molecule has 0 fully saturated rings. The molecule has 0 aliphatic heterocycles. The molecule has 0 heterocycles. The Bertz CT molecular complexity index is 549. The van der Waals surface area contributed by atoms with Gasteiger partial charge in [-0.1, -0.05) is 25.1 Å². The maximum Gasteiger partial charge on any atom is 0.342 e. The van der Waals surface area contributed by atoms with Crippen molar-refractivity contribution in [2.24, 2.45) is 0 Å². The minimum Gasteiger partial charge on any atom is -0.462 e. The molecule has 24 heavy (non-hydrogen) atoms. The highest BCUT2D eigenvalue weighted by Gasteiger charge is 2.31. The van der Waals surface area contributed by atoms with Crippen molar-refractivity contribution in [2.75, 3.05) is 6.35 Å². The lowest BCUT2D eigenvalue weighted by atomic mass is 10.3. The number of nitrogens with one attached hydrogen (secondary N) is 1. The van der Waals surface area contributed by atoms with E-state index in [1.807, 2.05) is 19.9 Å². The van der Waals surface area contributed by atoms with Crippen LogP contribution in [0.5, 0.6) is 5.75 Å². The summed E-state index contributed by atoms with van der Waals surface area (Å²) in [7, 11) is -3.43. The Labute approximate surface area is 144 Å². The molecule has 1 rings (SSSR count). The molecule has 7 heteroatoms. The van der Waals surface area contributed by atoms with Crippen LogP contribution in [0.15, 0.2) is 30.3 Å². The Morgan fingerprint density at radius 2 is 1.79 bits per heavy atom. The molecule has 3 atom stereocenters. The van der Waals surface area contributed by atoms with Gasteiger partial charge in [0.25, 0.3) is 0 Å². The fraction of sp³-hybridized carbons (Fsp3) is 0.588. The standard InChI is InChI=1S/C17H28NO5P/c1-6-14(4)21-12-24(20,23-16-10-8-7-9-11-16)18-15(5)17(19)22-13(2)3/h7-11,13-15H,6,12H2,1-5H3,(H,18,20)/t14-,15-,24-/m1/s1. The van der Waals surface area contributed by atoms with E-state index in [2.05, 4.69) is 5.09 Å². The topological polar surface area (TPSA) is 73.9 Å². The van der Waals surface area contributed by atoms with Crippen LogP contribution in [0.1, 0.15) is 41.0 Å². The van der Waals surface area contributed by atoms with Gasteiger partial charge in [0.2, 0.25) is 0 Å². The fourth-order valence-corrected chi connectivity index (χ4v) is 3.56. The summed E-state index contributed by atoms with van der Waals surface area (Å²) in [5.74, 6) is -0.0315. The predicted octanol–water partition coefficient (Wildman–Crippen LogP) is 3.96. The third kappa shape index (κ3) is 7.47. The smallest absolute Gasteiger partial charge is 0.342 e. The van der Waals surface area contributed by atoms with Crippen molar-refractivity contribution >= 4 is 13.5 Å². The predicted molar refractivity (Wildman–Crippen MR) is 94.2 cm³/mol. The van der Waals surface area contributed by atoms with Gasteiger partial charge in [-0.15, -0.1) is 0 Å². The normalized spacial score (nSPS) is 16.2. The highest BCUT2D eigenvalue weighted by molar-refractivity contribution is 7.57. The highest BCUT2D eigenvalue weighted by atomic mass is 31.2. The Balaban J connectivity index is 2.83. The lowest BCUT2D eigenvalue weighted by molar-refractivity contribution is -0.149. The number of para-hydroxylation sites is 1. The summed E-state index contributed by atoms with van der Waals surface area (Å²) in [5.41, 5.74) is 0. The molecule has 6 nitrogen and oxygen atoms in total. The Hall–Kier alpha value is -1.36. The molecule has 1 aromatic rings. The largest absolute Gasteiger partial charge is 0.462 e. The summed E-state index contributed by atoms with van der Waals surface area (Å²) in [6.45, 7) is 8.98. The van der Waals surface area contributed by atoms with E-state index in [4.69, 9.17) is 14.0 Å². The summed E-state index contributed by atoms with van der Waals surface area (Å²) in [6.07, 6.45) is 0.358. The number of hydrogen-bond acceptors (Lipinski definition) is 5. The Morgan fingerprint density at radius 3 is 2.33 bits per heavy atom. The van der Waals surface area contributed by atoms with Crippen LogP contribution in [0.4, 0.5) is 0 Å². The van der Waals surface area contributed by atoms with Crippen LogP contribution in [0.2, 0.25) is 0 Å². The summed E-state index contributed by atoms with van der Waals surface area (Å²) >= 11 is 0. The first-order chi connectivity index (χ1) is 11.3. The summed E-state index contributed by atoms with van der Waals surface area (Å²) in [4.78, 5) is 12.0. The summed E-state index contributed by atoms with van der Waals surface area (Å²) < 4.78 is 29.5. The number of ether oxygens (including phenoxy) is 2. The zero-order valence-corrected chi connectivity index (χ0v) is 15.9. The van der Waals surface area contributed by atoms with Gasteiger partial charge >= 0.3 is 13.5 Å². The van der Waals surface area contributed by atoms with Crippen LogP contribution in [-0.4, -0.2) is 30.6 Å². The maximum atomic E-state index is 13.1. The van der Waals surface area contributed by atoms with E-state index in [9.17, 15) is 9.36 Å². The first-order valence-corrected chi connectivity index (χ1v) is 10.0. The van der Waals surface area contributed by atoms with Crippen molar-refractivity contribution in [3.63, 3.8) is 0 Å². The van der Waals surface area contributed by atoms with Crippen molar-refractivity contribution in [3.05, 3.63) is 30.3 Å². The second-order valence-electron chi connectivity index (χ2n) is 5.93. The first-order valence-electron chi connectivity index (χ1n) is 8.19. The van der Waals surface area contributed by atoms with Crippen molar-refractivity contribution in [1.29, 1.82) is 0 Å². The molecule has 0 amide bonds. The second kappa shape index (κ2) is 9.82. The van der Waals surface area contributed by atoms with Crippen LogP contribution in [0.3, 0.4) is 0 Å². The highest BCUT2D eigenvalue weighted by Crippen LogP contribution is 2.44. The molecule has 1 N–H and O–H groups in total. The second-order valence-corrected chi connectivity index (χ2v) is 7.97. The zero-order valence-electron chi connectivity index (χ0n) is 15.0. The quantitative estimate of drug-likeness (QED) is 0.505. The van der Waals surface area contributed by atoms with E-state index in [0.29, 0.717) is 5.75 Å². The van der Waals surface area contributed by atoms with E-state index in [1.54, 1.807) is 45.0 Å². The van der Waals surface area contributed by atoms with Gasteiger partial charge in [-0.3, -0.25) is 9.36 Å². The minimum absolute atomic E-state index is 0.0579. The summed E-state index contributed by atoms with van der Waals surface area (Å²) in [5, 5.41) is 2.76. The SMILES string of the molecule is CC[C@@H](C)OC[P@](=O)(N[C@H](C)C(=O)OC(C)C)Oc1ccccc1. The van der Waals surface area contributed by atoms with Crippen LogP contribution in [0, 0.1) is 0 Å². The monoisotopic (exact) mass is 357 g/mol. The lowest BCUT2D eigenvalue weighted by Gasteiger charge is -2.25. The van der Waals surface area contributed by atoms with Crippen molar-refractivity contribution in [3.8, 4) is 5.75 Å². The van der Waals surface area contributed by atoms with Gasteiger partial charge in [0, 0.05) is 0 Å². The average Bonchev–Trinajstić information content (AvgIpc) is 2.52. The van der Waals surface area contributed by atoms with Gasteiger partial charge in [0.1, 0.15) is 18.1 Å². The number of rotatable bonds is 10. The lowest BCUT2D eigenvalue weighted by Crippen LogP contribution is -2.36. The molecule has 136 valence electrons. The molecular formula is C17H28NO5P. The summed E-state index contributed by atoms with van der Waals surface area (Å²) in [6, 6.07) is 8.03. The van der Waals surface area contributed by atoms with Crippen LogP contribution >= 0.6 is 7.52 Å². The number of benzene rings is 1. The number of carbonyl (C=O) groups excluding carboxylic acids is 1. The molecule has 0 aliphatic carbocycles. The van der Waals surface area contributed by atoms with E-state index in [0.717, 1.165) is 6.42 Å². The van der Waals surface area contributed by atoms with Gasteiger partial charge < -0.3 is 14.0 Å². The molecule has 0 bridgehead atoms. The Morgan fingerprint density at radius 1 is 1.17 bits per heavy atom. The molecule has 0 spiro atoms. The van der Waals surface area contributed by atoms with E-state index in [-0.39, 0.29) is 18.6 Å².